The van der Waals surface area contributed by atoms with Crippen LogP contribution in [-0.2, 0) is 13.6 Å². The molecule has 4 atom stereocenters. The van der Waals surface area contributed by atoms with Crippen molar-refractivity contribution in [3.05, 3.63) is 12.3 Å². The van der Waals surface area contributed by atoms with Gasteiger partial charge in [0.05, 0.1) is 11.9 Å². The van der Waals surface area contributed by atoms with E-state index in [9.17, 15) is 0 Å². The van der Waals surface area contributed by atoms with Crippen molar-refractivity contribution in [3.63, 3.8) is 0 Å². The van der Waals surface area contributed by atoms with Gasteiger partial charge >= 0.3 is 0 Å². The van der Waals surface area contributed by atoms with Gasteiger partial charge in [0.1, 0.15) is 5.60 Å². The SMILES string of the molecule is CC(C)(C)[Si](C)(C)O[C@]12C[C@H]1C[C@]1(O[Si](C)(C)C)C=CO[C@H]21. The Balaban J connectivity index is 1.84. The molecule has 0 radical (unpaired) electrons. The average molecular weight is 341 g/mol. The first-order valence-electron chi connectivity index (χ1n) is 8.55. The van der Waals surface area contributed by atoms with E-state index in [4.69, 9.17) is 13.6 Å². The first-order chi connectivity index (χ1) is 9.82. The lowest BCUT2D eigenvalue weighted by Gasteiger charge is -2.43. The quantitative estimate of drug-likeness (QED) is 0.696. The largest absolute Gasteiger partial charge is 0.492 e. The van der Waals surface area contributed by atoms with Crippen LogP contribution in [0.1, 0.15) is 33.6 Å². The van der Waals surface area contributed by atoms with E-state index in [1.807, 2.05) is 6.26 Å². The van der Waals surface area contributed by atoms with E-state index in [0.29, 0.717) is 5.92 Å². The number of ether oxygens (including phenoxy) is 1. The lowest BCUT2D eigenvalue weighted by molar-refractivity contribution is -0.0573. The summed E-state index contributed by atoms with van der Waals surface area (Å²) in [5.74, 6) is 0.605. The first kappa shape index (κ1) is 16.7. The Labute approximate surface area is 137 Å². The van der Waals surface area contributed by atoms with Crippen LogP contribution in [0, 0.1) is 5.92 Å². The van der Waals surface area contributed by atoms with Crippen LogP contribution >= 0.6 is 0 Å². The van der Waals surface area contributed by atoms with Gasteiger partial charge in [-0.15, -0.1) is 0 Å². The molecule has 2 fully saturated rings. The molecule has 5 heteroatoms. The summed E-state index contributed by atoms with van der Waals surface area (Å²) >= 11 is 0. The van der Waals surface area contributed by atoms with Crippen LogP contribution in [0.4, 0.5) is 0 Å². The molecule has 3 rings (SSSR count). The summed E-state index contributed by atoms with van der Waals surface area (Å²) in [5.41, 5.74) is -0.318. The van der Waals surface area contributed by atoms with Gasteiger partial charge in [-0.1, -0.05) is 20.8 Å². The average Bonchev–Trinajstić information content (AvgIpc) is 2.67. The Morgan fingerprint density at radius 2 is 1.68 bits per heavy atom. The standard InChI is InChI=1S/C17H32O3Si2/c1-15(2,3)22(7,8)20-17-12-13(17)11-16(19-21(4,5)6)9-10-18-14(16)17/h9-10,13-14H,11-12H2,1-8H3/t13-,14+,16-,17-/m1/s1. The number of hydrogen-bond acceptors (Lipinski definition) is 3. The molecule has 1 aliphatic heterocycles. The van der Waals surface area contributed by atoms with Crippen molar-refractivity contribution < 1.29 is 13.6 Å². The molecule has 0 unspecified atom stereocenters. The number of hydrogen-bond donors (Lipinski definition) is 0. The van der Waals surface area contributed by atoms with Crippen molar-refractivity contribution >= 4 is 16.6 Å². The van der Waals surface area contributed by atoms with Gasteiger partial charge in [0.25, 0.3) is 0 Å². The van der Waals surface area contributed by atoms with Crippen LogP contribution in [0.15, 0.2) is 12.3 Å². The van der Waals surface area contributed by atoms with Crippen molar-refractivity contribution in [1.29, 1.82) is 0 Å². The minimum absolute atomic E-state index is 0.0610. The van der Waals surface area contributed by atoms with Gasteiger partial charge in [-0.05, 0) is 62.6 Å². The maximum Gasteiger partial charge on any atom is 0.193 e. The number of rotatable bonds is 4. The summed E-state index contributed by atoms with van der Waals surface area (Å²) in [6, 6.07) is 0. The Morgan fingerprint density at radius 3 is 2.23 bits per heavy atom. The van der Waals surface area contributed by atoms with E-state index in [-0.39, 0.29) is 22.3 Å². The molecular weight excluding hydrogens is 308 g/mol. The zero-order valence-electron chi connectivity index (χ0n) is 15.4. The smallest absolute Gasteiger partial charge is 0.193 e. The fourth-order valence-electron chi connectivity index (χ4n) is 3.92. The molecule has 22 heavy (non-hydrogen) atoms. The lowest BCUT2D eigenvalue weighted by atomic mass is 9.96. The highest BCUT2D eigenvalue weighted by molar-refractivity contribution is 6.74. The van der Waals surface area contributed by atoms with E-state index in [1.54, 1.807) is 0 Å². The highest BCUT2D eigenvalue weighted by Crippen LogP contribution is 2.67. The molecular formula is C17H32O3Si2. The summed E-state index contributed by atoms with van der Waals surface area (Å²) in [5, 5.41) is 0.228. The minimum atomic E-state index is -1.80. The van der Waals surface area contributed by atoms with Crippen molar-refractivity contribution in [2.75, 3.05) is 0 Å². The summed E-state index contributed by atoms with van der Waals surface area (Å²) in [7, 11) is -3.43. The third-order valence-corrected chi connectivity index (χ3v) is 11.4. The molecule has 0 aromatic carbocycles. The van der Waals surface area contributed by atoms with Crippen LogP contribution in [-0.4, -0.2) is 33.9 Å². The van der Waals surface area contributed by atoms with Gasteiger partial charge in [-0.2, -0.15) is 0 Å². The molecule has 1 heterocycles. The van der Waals surface area contributed by atoms with Crippen LogP contribution < -0.4 is 0 Å². The first-order valence-corrected chi connectivity index (χ1v) is 14.9. The van der Waals surface area contributed by atoms with Gasteiger partial charge in [0.2, 0.25) is 0 Å². The molecule has 2 aliphatic carbocycles. The molecule has 0 aromatic rings. The van der Waals surface area contributed by atoms with E-state index >= 15 is 0 Å². The van der Waals surface area contributed by atoms with Crippen LogP contribution in [0.25, 0.3) is 0 Å². The zero-order chi connectivity index (χ0) is 16.6. The molecule has 3 aliphatic rings. The minimum Gasteiger partial charge on any atom is -0.492 e. The number of fused-ring (bicyclic) bond motifs is 3. The second kappa shape index (κ2) is 4.49. The Bertz CT molecular complexity index is 503. The predicted molar refractivity (Wildman–Crippen MR) is 94.9 cm³/mol. The third kappa shape index (κ3) is 2.44. The van der Waals surface area contributed by atoms with Crippen molar-refractivity contribution in [2.45, 2.75) is 88.7 Å². The molecule has 0 amide bonds. The monoisotopic (exact) mass is 340 g/mol. The van der Waals surface area contributed by atoms with Crippen LogP contribution in [0.2, 0.25) is 37.8 Å². The summed E-state index contributed by atoms with van der Waals surface area (Å²) in [6.45, 7) is 18.4. The van der Waals surface area contributed by atoms with Crippen LogP contribution in [0.5, 0.6) is 0 Å². The molecule has 0 bridgehead atoms. The molecule has 0 aromatic heterocycles. The summed E-state index contributed by atoms with van der Waals surface area (Å²) in [4.78, 5) is 0. The van der Waals surface area contributed by atoms with Crippen molar-refractivity contribution in [1.82, 2.24) is 0 Å². The van der Waals surface area contributed by atoms with E-state index in [1.165, 1.54) is 0 Å². The Hall–Kier alpha value is -0.106. The van der Waals surface area contributed by atoms with Gasteiger partial charge in [0, 0.05) is 0 Å². The molecule has 3 nitrogen and oxygen atoms in total. The van der Waals surface area contributed by atoms with Gasteiger partial charge in [0.15, 0.2) is 22.7 Å². The highest BCUT2D eigenvalue weighted by atomic mass is 28.4. The Morgan fingerprint density at radius 1 is 1.05 bits per heavy atom. The summed E-state index contributed by atoms with van der Waals surface area (Å²) in [6.07, 6.45) is 6.29. The predicted octanol–water partition coefficient (Wildman–Crippen LogP) is 4.67. The maximum absolute atomic E-state index is 6.89. The molecule has 0 saturated heterocycles. The van der Waals surface area contributed by atoms with E-state index in [0.717, 1.165) is 12.8 Å². The van der Waals surface area contributed by atoms with Crippen molar-refractivity contribution in [2.24, 2.45) is 5.92 Å². The highest BCUT2D eigenvalue weighted by Gasteiger charge is 2.77. The second-order valence-corrected chi connectivity index (χ2v) is 19.1. The zero-order valence-corrected chi connectivity index (χ0v) is 17.4. The van der Waals surface area contributed by atoms with Crippen LogP contribution in [0.3, 0.4) is 0 Å². The van der Waals surface area contributed by atoms with Gasteiger partial charge in [-0.3, -0.25) is 0 Å². The Kier molecular flexibility index (Phi) is 3.42. The second-order valence-electron chi connectivity index (χ2n) is 9.91. The van der Waals surface area contributed by atoms with Crippen molar-refractivity contribution in [3.8, 4) is 0 Å². The topological polar surface area (TPSA) is 27.7 Å². The van der Waals surface area contributed by atoms with E-state index in [2.05, 4.69) is 59.6 Å². The fraction of sp³-hybridized carbons (Fsp3) is 0.882. The van der Waals surface area contributed by atoms with E-state index < -0.39 is 16.6 Å². The lowest BCUT2D eigenvalue weighted by Crippen LogP contribution is -2.54. The molecule has 0 N–H and O–H groups in total. The van der Waals surface area contributed by atoms with Gasteiger partial charge < -0.3 is 13.6 Å². The summed E-state index contributed by atoms with van der Waals surface area (Å²) < 4.78 is 19.5. The molecule has 2 saturated carbocycles. The molecule has 126 valence electrons. The normalized spacial score (nSPS) is 40.4. The molecule has 0 spiro atoms. The van der Waals surface area contributed by atoms with Gasteiger partial charge in [-0.25, -0.2) is 0 Å². The maximum atomic E-state index is 6.89. The third-order valence-electron chi connectivity index (χ3n) is 5.86. The fourth-order valence-corrected chi connectivity index (χ4v) is 6.93.